The number of hydrogen-bond acceptors (Lipinski definition) is 4. The lowest BCUT2D eigenvalue weighted by Gasteiger charge is -2.18. The van der Waals surface area contributed by atoms with E-state index in [2.05, 4.69) is 77.2 Å². The summed E-state index contributed by atoms with van der Waals surface area (Å²) in [6.07, 6.45) is 6.42. The van der Waals surface area contributed by atoms with E-state index < -0.39 is 0 Å². The van der Waals surface area contributed by atoms with Crippen molar-refractivity contribution in [2.45, 2.75) is 46.1 Å². The average molecular weight is 591 g/mol. The number of imidazole rings is 2. The van der Waals surface area contributed by atoms with Crippen LogP contribution in [0.2, 0.25) is 20.0 Å². The minimum Gasteiger partial charge on any atom is -0.355 e. The Labute approximate surface area is 185 Å². The molecule has 11 heteroatoms. The van der Waals surface area contributed by atoms with Crippen LogP contribution in [0.4, 0.5) is 0 Å². The van der Waals surface area contributed by atoms with Crippen LogP contribution in [0.25, 0.3) is 16.9 Å². The van der Waals surface area contributed by atoms with Gasteiger partial charge in [-0.2, -0.15) is 27.4 Å². The lowest BCUT2D eigenvalue weighted by Crippen LogP contribution is -2.20. The molecule has 27 heavy (non-hydrogen) atoms. The summed E-state index contributed by atoms with van der Waals surface area (Å²) in [7, 11) is 0. The molecule has 4 atom stereocenters. The monoisotopic (exact) mass is 591 g/mol. The van der Waals surface area contributed by atoms with Gasteiger partial charge in [-0.3, -0.25) is 13.8 Å². The molecule has 0 N–H and O–H groups in total. The molecule has 0 saturated carbocycles. The van der Waals surface area contributed by atoms with Crippen LogP contribution < -0.4 is 5.56 Å². The molecule has 0 bridgehead atoms. The highest BCUT2D eigenvalue weighted by molar-refractivity contribution is 14.1. The predicted molar refractivity (Wildman–Crippen MR) is 126 cm³/mol. The van der Waals surface area contributed by atoms with Gasteiger partial charge in [-0.25, -0.2) is 4.98 Å². The molecule has 4 heterocycles. The predicted octanol–water partition coefficient (Wildman–Crippen LogP) is 3.47. The Morgan fingerprint density at radius 1 is 1.22 bits per heavy atom. The van der Waals surface area contributed by atoms with Crippen molar-refractivity contribution < 1.29 is 4.74 Å². The van der Waals surface area contributed by atoms with Crippen LogP contribution in [-0.2, 0) is 4.74 Å². The van der Waals surface area contributed by atoms with E-state index in [4.69, 9.17) is 9.72 Å². The highest BCUT2D eigenvalue weighted by Crippen LogP contribution is 2.41. The van der Waals surface area contributed by atoms with Gasteiger partial charge in [-0.05, 0) is 12.2 Å². The summed E-state index contributed by atoms with van der Waals surface area (Å²) in [5, 5.41) is 0. The van der Waals surface area contributed by atoms with Crippen LogP contribution in [-0.4, -0.2) is 38.8 Å². The highest BCUT2D eigenvalue weighted by atomic mass is 127. The largest absolute Gasteiger partial charge is 0.355 e. The smallest absolute Gasteiger partial charge is 0.331 e. The second-order valence-electron chi connectivity index (χ2n) is 7.49. The van der Waals surface area contributed by atoms with Gasteiger partial charge in [-0.15, -0.1) is 22.4 Å². The van der Waals surface area contributed by atoms with E-state index in [1.165, 1.54) is 0 Å². The molecule has 142 valence electrons. The second-order valence-corrected chi connectivity index (χ2v) is 11.4. The van der Waals surface area contributed by atoms with Crippen LogP contribution >= 0.6 is 44.7 Å². The maximum absolute atomic E-state index is 12.9. The molecule has 3 aromatic heterocycles. The molecule has 4 rings (SSSR count). The van der Waals surface area contributed by atoms with Gasteiger partial charge in [-0.1, -0.05) is 27.5 Å². The minimum atomic E-state index is -0.153. The molecule has 1 aliphatic rings. The fourth-order valence-corrected chi connectivity index (χ4v) is 4.83. The Bertz CT molecular complexity index is 1050. The van der Waals surface area contributed by atoms with Gasteiger partial charge < -0.3 is 9.21 Å². The van der Waals surface area contributed by atoms with Gasteiger partial charge in [0.2, 0.25) is 10.3 Å². The summed E-state index contributed by atoms with van der Waals surface area (Å²) in [6.45, 7) is 8.73. The molecular formula is C16H21B2I2N5O2. The van der Waals surface area contributed by atoms with Gasteiger partial charge >= 0.3 is 4.70 Å². The fraction of sp³-hybridized carbons (Fsp3) is 0.562. The van der Waals surface area contributed by atoms with Crippen LogP contribution in [0.15, 0.2) is 23.5 Å². The van der Waals surface area contributed by atoms with E-state index in [0.29, 0.717) is 33.3 Å². The Balaban J connectivity index is 1.83. The molecular weight excluding hydrogens is 570 g/mol. The molecule has 1 fully saturated rings. The molecule has 2 unspecified atom stereocenters. The van der Waals surface area contributed by atoms with Gasteiger partial charge in [0.1, 0.15) is 6.23 Å². The van der Waals surface area contributed by atoms with E-state index in [-0.39, 0.29) is 22.6 Å². The topological polar surface area (TPSA) is 66.3 Å². The zero-order valence-corrected chi connectivity index (χ0v) is 20.0. The molecule has 7 nitrogen and oxygen atoms in total. The fourth-order valence-electron chi connectivity index (χ4n) is 3.89. The number of fused-ring (bicyclic) bond motifs is 2. The van der Waals surface area contributed by atoms with Gasteiger partial charge in [0.05, 0.1) is 12.4 Å². The van der Waals surface area contributed by atoms with Crippen molar-refractivity contribution in [1.29, 1.82) is 0 Å². The average Bonchev–Trinajstić information content (AvgIpc) is 3.27. The van der Waals surface area contributed by atoms with Gasteiger partial charge in [0.25, 0.3) is 5.56 Å². The van der Waals surface area contributed by atoms with Crippen LogP contribution in [0.3, 0.4) is 0 Å². The number of hydrogen-bond donors (Lipinski definition) is 0. The number of aromatic nitrogens is 5. The zero-order chi connectivity index (χ0) is 19.5. The summed E-state index contributed by atoms with van der Waals surface area (Å²) in [6, 6.07) is 0. The van der Waals surface area contributed by atoms with Crippen molar-refractivity contribution in [1.82, 2.24) is 23.4 Å². The summed E-state index contributed by atoms with van der Waals surface area (Å²) in [5.74, 6) is 1.39. The number of rotatable bonds is 4. The molecule has 0 amide bonds. The first kappa shape index (κ1) is 19.7. The minimum absolute atomic E-state index is 0.138. The van der Waals surface area contributed by atoms with E-state index in [1.54, 1.807) is 16.9 Å². The second kappa shape index (κ2) is 7.36. The van der Waals surface area contributed by atoms with Crippen molar-refractivity contribution in [3.8, 4) is 0 Å². The standard InChI is InChI=1S/C16H21B2I2N5O2/c1-9-10(2)15(27-11(9)7-17(3)19)24-8-21-12-13(24)22-16-23(14(12)26)5-6-25(16)18(4)20/h5-6,8-11,15H,7H2,1-4H3/t9-,10+,11?,15?/m0/s1. The Kier molecular flexibility index (Phi) is 5.38. The lowest BCUT2D eigenvalue weighted by atomic mass is 9.72. The van der Waals surface area contributed by atoms with Crippen molar-refractivity contribution in [3.05, 3.63) is 29.1 Å². The maximum atomic E-state index is 12.9. The van der Waals surface area contributed by atoms with E-state index in [0.717, 1.165) is 6.32 Å². The summed E-state index contributed by atoms with van der Waals surface area (Å²) < 4.78 is 12.7. The third-order valence-corrected chi connectivity index (χ3v) is 6.72. The summed E-state index contributed by atoms with van der Waals surface area (Å²) in [4.78, 5) is 22.1. The molecule has 0 aromatic carbocycles. The molecule has 0 radical (unpaired) electrons. The Morgan fingerprint density at radius 3 is 2.63 bits per heavy atom. The van der Waals surface area contributed by atoms with E-state index in [1.807, 2.05) is 15.2 Å². The number of nitrogens with zero attached hydrogens (tertiary/aromatic N) is 5. The molecule has 1 saturated heterocycles. The maximum Gasteiger partial charge on any atom is 0.331 e. The van der Waals surface area contributed by atoms with E-state index in [9.17, 15) is 4.79 Å². The van der Waals surface area contributed by atoms with Crippen molar-refractivity contribution in [2.75, 3.05) is 0 Å². The third kappa shape index (κ3) is 3.26. The first-order chi connectivity index (χ1) is 12.8. The van der Waals surface area contributed by atoms with Crippen LogP contribution in [0, 0.1) is 11.8 Å². The number of halogens is 2. The van der Waals surface area contributed by atoms with Crippen molar-refractivity contribution >= 4 is 71.0 Å². The van der Waals surface area contributed by atoms with E-state index >= 15 is 0 Å². The highest BCUT2D eigenvalue weighted by Gasteiger charge is 2.41. The van der Waals surface area contributed by atoms with Crippen molar-refractivity contribution in [3.63, 3.8) is 0 Å². The molecule has 1 aliphatic heterocycles. The molecule has 0 spiro atoms. The molecule has 0 aliphatic carbocycles. The van der Waals surface area contributed by atoms with Crippen LogP contribution in [0.5, 0.6) is 0 Å². The van der Waals surface area contributed by atoms with Gasteiger partial charge in [0.15, 0.2) is 11.2 Å². The summed E-state index contributed by atoms with van der Waals surface area (Å²) in [5.41, 5.74) is 0.852. The number of ether oxygens (including phenoxy) is 1. The summed E-state index contributed by atoms with van der Waals surface area (Å²) >= 11 is 4.76. The zero-order valence-electron chi connectivity index (χ0n) is 15.7. The normalized spacial score (nSPS) is 25.6. The van der Waals surface area contributed by atoms with Crippen molar-refractivity contribution in [2.24, 2.45) is 11.8 Å². The Hall–Kier alpha value is -0.560. The first-order valence-corrected chi connectivity index (χ1v) is 11.7. The van der Waals surface area contributed by atoms with Gasteiger partial charge in [0, 0.05) is 18.3 Å². The Morgan fingerprint density at radius 2 is 1.96 bits per heavy atom. The SMILES string of the molecule is CB(I)CC1OC(n2cnc3c(=O)n4ccn(B(C)I)c4nc32)[C@H](C)[C@@H]1C. The quantitative estimate of drug-likeness (QED) is 0.345. The van der Waals surface area contributed by atoms with Crippen LogP contribution in [0.1, 0.15) is 20.1 Å². The lowest BCUT2D eigenvalue weighted by molar-refractivity contribution is -0.00231. The third-order valence-electron chi connectivity index (χ3n) is 5.61. The molecule has 3 aromatic rings. The first-order valence-electron chi connectivity index (χ1n) is 9.19.